The van der Waals surface area contributed by atoms with Crippen LogP contribution in [0, 0.1) is 25.4 Å². The van der Waals surface area contributed by atoms with Crippen molar-refractivity contribution >= 4 is 81.8 Å². The van der Waals surface area contributed by atoms with Crippen molar-refractivity contribution < 1.29 is 25.8 Å². The van der Waals surface area contributed by atoms with Gasteiger partial charge in [-0.05, 0) is 119 Å². The fourth-order valence-corrected chi connectivity index (χ4v) is 13.9. The average Bonchev–Trinajstić information content (AvgIpc) is 1.67. The molecule has 12 aromatic rings. The summed E-state index contributed by atoms with van der Waals surface area (Å²) in [5.74, 6) is 2.43. The average molecular weight is 1330 g/mol. The molecular formula is C79H72N5OPtS-3. The third kappa shape index (κ3) is 10.6. The van der Waals surface area contributed by atoms with Crippen molar-refractivity contribution in [3.8, 4) is 50.7 Å². The van der Waals surface area contributed by atoms with Crippen LogP contribution in [-0.4, -0.2) is 9.55 Å². The maximum atomic E-state index is 8.06. The monoisotopic (exact) mass is 1330 g/mol. The van der Waals surface area contributed by atoms with E-state index in [1.807, 2.05) is 24.4 Å². The zero-order valence-corrected chi connectivity index (χ0v) is 55.0. The van der Waals surface area contributed by atoms with Crippen LogP contribution in [0.1, 0.15) is 130 Å². The van der Waals surface area contributed by atoms with E-state index in [9.17, 15) is 0 Å². The molecule has 9 aromatic carbocycles. The summed E-state index contributed by atoms with van der Waals surface area (Å²) in [4.78, 5) is 13.7. The number of ether oxygens (including phenoxy) is 1. The summed E-state index contributed by atoms with van der Waals surface area (Å²) in [7, 11) is 0. The molecule has 0 unspecified atom stereocenters. The fourth-order valence-electron chi connectivity index (χ4n) is 12.5. The van der Waals surface area contributed by atoms with Gasteiger partial charge in [0.2, 0.25) is 5.69 Å². The molecule has 0 spiro atoms. The Labute approximate surface area is 532 Å². The predicted octanol–water partition coefficient (Wildman–Crippen LogP) is 23.0. The molecule has 1 aliphatic rings. The zero-order valence-electron chi connectivity index (χ0n) is 51.9. The number of rotatable bonds is 10. The van der Waals surface area contributed by atoms with Crippen LogP contribution in [0.5, 0.6) is 11.5 Å². The molecule has 0 aliphatic carbocycles. The number of anilines is 4. The van der Waals surface area contributed by atoms with Crippen molar-refractivity contribution in [1.82, 2.24) is 9.55 Å². The number of thiophene rings is 1. The number of nitrogens with zero attached hydrogens (tertiary/aromatic N) is 5. The Hall–Kier alpha value is -8.27. The molecule has 8 heteroatoms. The third-order valence-electron chi connectivity index (χ3n) is 17.2. The van der Waals surface area contributed by atoms with E-state index < -0.39 is 0 Å². The normalized spacial score (nSPS) is 12.9. The van der Waals surface area contributed by atoms with E-state index in [-0.39, 0.29) is 49.1 Å². The van der Waals surface area contributed by atoms with Crippen LogP contribution >= 0.6 is 11.3 Å². The van der Waals surface area contributed by atoms with Crippen LogP contribution < -0.4 is 14.5 Å². The van der Waals surface area contributed by atoms with Crippen LogP contribution in [-0.2, 0) is 37.3 Å². The molecule has 0 saturated carbocycles. The Morgan fingerprint density at radius 2 is 1.11 bits per heavy atom. The largest absolute Gasteiger partial charge is 0.509 e. The van der Waals surface area contributed by atoms with Gasteiger partial charge in [-0.1, -0.05) is 217 Å². The van der Waals surface area contributed by atoms with Gasteiger partial charge in [0.1, 0.15) is 5.82 Å². The van der Waals surface area contributed by atoms with E-state index in [2.05, 4.69) is 286 Å². The molecule has 0 amide bonds. The van der Waals surface area contributed by atoms with E-state index in [4.69, 9.17) is 16.3 Å². The quantitative estimate of drug-likeness (QED) is 0.128. The summed E-state index contributed by atoms with van der Waals surface area (Å²) < 4.78 is 11.6. The smallest absolute Gasteiger partial charge is 0.204 e. The molecule has 4 heterocycles. The first-order valence-corrected chi connectivity index (χ1v) is 30.9. The molecule has 0 radical (unpaired) electrons. The van der Waals surface area contributed by atoms with Crippen molar-refractivity contribution in [2.24, 2.45) is 0 Å². The van der Waals surface area contributed by atoms with Crippen LogP contribution in [0.15, 0.2) is 182 Å². The van der Waals surface area contributed by atoms with Crippen molar-refractivity contribution in [3.63, 3.8) is 0 Å². The van der Waals surface area contributed by atoms with Gasteiger partial charge in [-0.2, -0.15) is 6.07 Å². The molecule has 0 bridgehead atoms. The van der Waals surface area contributed by atoms with Crippen LogP contribution in [0.2, 0.25) is 0 Å². The van der Waals surface area contributed by atoms with Crippen molar-refractivity contribution in [2.75, 3.05) is 9.80 Å². The summed E-state index contributed by atoms with van der Waals surface area (Å²) in [6.07, 6.45) is 1.92. The fraction of sp³-hybridized carbons (Fsp3) is 0.228. The molecule has 0 fully saturated rings. The number of fused-ring (bicyclic) bond motifs is 8. The maximum Gasteiger partial charge on any atom is 0.204 e. The number of benzene rings is 9. The first-order valence-electron chi connectivity index (χ1n) is 30.1. The minimum atomic E-state index is -0.113. The minimum absolute atomic E-state index is 0. The second kappa shape index (κ2) is 22.5. The minimum Gasteiger partial charge on any atom is -0.509 e. The Morgan fingerprint density at radius 1 is 0.540 bits per heavy atom. The number of aromatic nitrogens is 2. The van der Waals surface area contributed by atoms with Gasteiger partial charge in [0.15, 0.2) is 0 Å². The second-order valence-corrected chi connectivity index (χ2v) is 27.8. The van der Waals surface area contributed by atoms with E-state index in [0.717, 1.165) is 98.4 Å². The van der Waals surface area contributed by atoms with E-state index in [0.29, 0.717) is 17.2 Å². The van der Waals surface area contributed by atoms with Crippen molar-refractivity contribution in [3.05, 3.63) is 240 Å². The molecule has 0 atom stereocenters. The maximum absolute atomic E-state index is 8.06. The number of hydrogen-bond acceptors (Lipinski definition) is 5. The number of para-hydroxylation sites is 3. The Bertz CT molecular complexity index is 4570. The Kier molecular flexibility index (Phi) is 15.3. The molecule has 13 rings (SSSR count). The molecule has 6 nitrogen and oxygen atoms in total. The molecule has 87 heavy (non-hydrogen) atoms. The van der Waals surface area contributed by atoms with Gasteiger partial charge in [0.05, 0.1) is 6.57 Å². The van der Waals surface area contributed by atoms with E-state index >= 15 is 0 Å². The SMILES string of the molecule is [C-]#[N+]c1cccc2c1sc1c2ccc2c1c1ccc(Oc3[c-]c(N4[CH-]N(c5c(-c6ccc(C(C)(C)C)cc6)cccc5-c5ccc(C(C)(C)C)cc5)c5ccccc54)cc(-c4c(C(C)C)cccc4C(C)C)c3)[c-]c1n2-c1cc(C(C)(C)C)ccn1.[Pt]. The van der Waals surface area contributed by atoms with Gasteiger partial charge >= 0.3 is 0 Å². The standard InChI is InChI=1S/C79H72N5OS.Pt/c1-48(2)59-20-17-21-60(49(3)4)72(59)52-42-56(82-47-83(68-27-16-15-26-67(68)82)74-61(50-28-32-53(33-29-50)77(5,6)7)22-18-23-62(74)51-30-34-54(35-31-51)78(8,9)10)45-58(43-52)85-57-36-37-65-70(46-57)84(71-44-55(40-41-81-71)79(11,12)13)69-39-38-64-63-24-19-25-66(80-14)75(63)86-76(64)73(65)69;/h15-44,47-49H,1-13H3;/q-3;. The van der Waals surface area contributed by atoms with E-state index in [1.54, 1.807) is 11.3 Å². The third-order valence-corrected chi connectivity index (χ3v) is 18.5. The van der Waals surface area contributed by atoms with Gasteiger partial charge in [-0.25, -0.2) is 9.83 Å². The van der Waals surface area contributed by atoms with Crippen LogP contribution in [0.25, 0.3) is 86.0 Å². The molecule has 438 valence electrons. The molecule has 3 aromatic heterocycles. The Morgan fingerprint density at radius 3 is 1.71 bits per heavy atom. The predicted molar refractivity (Wildman–Crippen MR) is 364 cm³/mol. The second-order valence-electron chi connectivity index (χ2n) is 26.8. The topological polar surface area (TPSA) is 37.9 Å². The van der Waals surface area contributed by atoms with Gasteiger partial charge in [-0.15, -0.1) is 65.0 Å². The first kappa shape index (κ1) is 59.1. The van der Waals surface area contributed by atoms with Gasteiger partial charge in [0.25, 0.3) is 0 Å². The summed E-state index contributed by atoms with van der Waals surface area (Å²) in [5.41, 5.74) is 19.6. The first-order chi connectivity index (χ1) is 41.1. The molecule has 1 aliphatic heterocycles. The number of hydrogen-bond donors (Lipinski definition) is 0. The molecule has 0 N–H and O–H groups in total. The van der Waals surface area contributed by atoms with Gasteiger partial charge in [-0.3, -0.25) is 0 Å². The Balaban J connectivity index is 0.00000739. The van der Waals surface area contributed by atoms with Gasteiger partial charge in [0, 0.05) is 81.9 Å². The summed E-state index contributed by atoms with van der Waals surface area (Å²) >= 11 is 1.69. The van der Waals surface area contributed by atoms with Crippen molar-refractivity contribution in [2.45, 2.75) is 118 Å². The number of pyridine rings is 1. The van der Waals surface area contributed by atoms with Crippen LogP contribution in [0.4, 0.5) is 28.4 Å². The zero-order chi connectivity index (χ0) is 60.1. The van der Waals surface area contributed by atoms with E-state index in [1.165, 1.54) is 33.4 Å². The van der Waals surface area contributed by atoms with Crippen molar-refractivity contribution in [1.29, 1.82) is 0 Å². The summed E-state index contributed by atoms with van der Waals surface area (Å²) in [6, 6.07) is 71.7. The van der Waals surface area contributed by atoms with Crippen LogP contribution in [0.3, 0.4) is 0 Å². The molecule has 0 saturated heterocycles. The van der Waals surface area contributed by atoms with Gasteiger partial charge < -0.3 is 19.1 Å². The molecular weight excluding hydrogens is 1260 g/mol. The summed E-state index contributed by atoms with van der Waals surface area (Å²) in [6.45, 7) is 39.8. The summed E-state index contributed by atoms with van der Waals surface area (Å²) in [5, 5.41) is 4.35.